The van der Waals surface area contributed by atoms with E-state index in [4.69, 9.17) is 0 Å². The van der Waals surface area contributed by atoms with Crippen molar-refractivity contribution in [2.75, 3.05) is 25.1 Å². The van der Waals surface area contributed by atoms with E-state index in [2.05, 4.69) is 0 Å². The van der Waals surface area contributed by atoms with E-state index < -0.39 is 26.9 Å². The molecule has 124 valence electrons. The van der Waals surface area contributed by atoms with E-state index in [9.17, 15) is 18.0 Å². The van der Waals surface area contributed by atoms with E-state index in [1.165, 1.54) is 10.0 Å². The summed E-state index contributed by atoms with van der Waals surface area (Å²) in [5.41, 5.74) is 0.419. The maximum absolute atomic E-state index is 13.0. The van der Waals surface area contributed by atoms with Crippen LogP contribution in [0.3, 0.4) is 0 Å². The number of carbonyl (C=O) groups excluding carboxylic acids is 2. The molecule has 1 saturated carbocycles. The lowest BCUT2D eigenvalue weighted by atomic mass is 9.95. The first-order chi connectivity index (χ1) is 10.8. The molecule has 1 aromatic carbocycles. The third kappa shape index (κ3) is 3.10. The van der Waals surface area contributed by atoms with Crippen molar-refractivity contribution in [2.45, 2.75) is 24.7 Å². The van der Waals surface area contributed by atoms with E-state index >= 15 is 0 Å². The van der Waals surface area contributed by atoms with Gasteiger partial charge in [-0.05, 0) is 24.8 Å². The predicted octanol–water partition coefficient (Wildman–Crippen LogP) is 0.739. The van der Waals surface area contributed by atoms with Gasteiger partial charge in [0.25, 0.3) is 11.8 Å². The van der Waals surface area contributed by atoms with Crippen LogP contribution in [-0.2, 0) is 24.8 Å². The van der Waals surface area contributed by atoms with Gasteiger partial charge in [-0.1, -0.05) is 30.3 Å². The van der Waals surface area contributed by atoms with Crippen molar-refractivity contribution >= 4 is 21.7 Å². The quantitative estimate of drug-likeness (QED) is 0.813. The molecule has 0 radical (unpaired) electrons. The molecule has 1 aliphatic heterocycles. The number of carbonyl (C=O) groups is 2. The van der Waals surface area contributed by atoms with Crippen molar-refractivity contribution in [3.63, 3.8) is 0 Å². The Morgan fingerprint density at radius 1 is 1.09 bits per heavy atom. The minimum atomic E-state index is -3.41. The molecule has 0 aromatic heterocycles. The minimum absolute atomic E-state index is 0.0944. The SMILES string of the molecule is CS(=O)(=O)CC(=O)N1CCCN1C(=O)C1(c2ccccc2)CC1. The van der Waals surface area contributed by atoms with Crippen LogP contribution in [0.1, 0.15) is 24.8 Å². The Morgan fingerprint density at radius 3 is 2.26 bits per heavy atom. The Morgan fingerprint density at radius 2 is 1.70 bits per heavy atom. The first kappa shape index (κ1) is 16.0. The summed E-state index contributed by atoms with van der Waals surface area (Å²) in [6.07, 6.45) is 3.23. The standard InChI is InChI=1S/C16H20N2O4S/c1-23(21,22)12-14(19)17-10-5-11-18(17)15(20)16(8-9-16)13-6-3-2-4-7-13/h2-4,6-7H,5,8-12H2,1H3. The summed E-state index contributed by atoms with van der Waals surface area (Å²) in [5, 5.41) is 2.76. The number of hydrazine groups is 1. The molecule has 2 amide bonds. The van der Waals surface area contributed by atoms with Crippen LogP contribution in [0.4, 0.5) is 0 Å². The summed E-state index contributed by atoms with van der Waals surface area (Å²) in [4.78, 5) is 25.2. The van der Waals surface area contributed by atoms with Crippen molar-refractivity contribution in [1.82, 2.24) is 10.0 Å². The normalized spacial score (nSPS) is 19.7. The summed E-state index contributed by atoms with van der Waals surface area (Å²) in [6, 6.07) is 9.58. The second-order valence-corrected chi connectivity index (χ2v) is 8.46. The number of nitrogens with zero attached hydrogens (tertiary/aromatic N) is 2. The van der Waals surface area contributed by atoms with Crippen molar-refractivity contribution in [3.05, 3.63) is 35.9 Å². The Bertz CT molecular complexity index is 726. The number of benzene rings is 1. The average molecular weight is 336 g/mol. The highest BCUT2D eigenvalue weighted by Gasteiger charge is 2.54. The van der Waals surface area contributed by atoms with Gasteiger partial charge in [0.2, 0.25) is 0 Å². The molecule has 0 spiro atoms. The molecule has 23 heavy (non-hydrogen) atoms. The zero-order valence-corrected chi connectivity index (χ0v) is 13.9. The highest BCUT2D eigenvalue weighted by atomic mass is 32.2. The fourth-order valence-corrected chi connectivity index (χ4v) is 3.73. The highest BCUT2D eigenvalue weighted by molar-refractivity contribution is 7.91. The van der Waals surface area contributed by atoms with Crippen LogP contribution in [0, 0.1) is 0 Å². The third-order valence-electron chi connectivity index (χ3n) is 4.42. The zero-order chi connectivity index (χ0) is 16.7. The fraction of sp³-hybridized carbons (Fsp3) is 0.500. The van der Waals surface area contributed by atoms with E-state index in [0.29, 0.717) is 19.5 Å². The smallest absolute Gasteiger partial charge is 0.256 e. The lowest BCUT2D eigenvalue weighted by Crippen LogP contribution is -2.50. The lowest BCUT2D eigenvalue weighted by Gasteiger charge is -2.31. The van der Waals surface area contributed by atoms with Crippen molar-refractivity contribution in [1.29, 1.82) is 0 Å². The predicted molar refractivity (Wildman–Crippen MR) is 85.1 cm³/mol. The fourth-order valence-electron chi connectivity index (χ4n) is 3.14. The summed E-state index contributed by atoms with van der Waals surface area (Å²) >= 11 is 0. The molecule has 7 heteroatoms. The highest BCUT2D eigenvalue weighted by Crippen LogP contribution is 2.50. The first-order valence-electron chi connectivity index (χ1n) is 7.69. The number of hydrogen-bond acceptors (Lipinski definition) is 4. The van der Waals surface area contributed by atoms with Crippen LogP contribution in [0.5, 0.6) is 0 Å². The molecule has 2 aliphatic rings. The molecule has 6 nitrogen and oxygen atoms in total. The van der Waals surface area contributed by atoms with Crippen LogP contribution in [0.2, 0.25) is 0 Å². The van der Waals surface area contributed by atoms with Gasteiger partial charge >= 0.3 is 0 Å². The van der Waals surface area contributed by atoms with Gasteiger partial charge in [0, 0.05) is 19.3 Å². The summed E-state index contributed by atoms with van der Waals surface area (Å²) < 4.78 is 22.7. The summed E-state index contributed by atoms with van der Waals surface area (Å²) in [5.74, 6) is -1.18. The van der Waals surface area contributed by atoms with Gasteiger partial charge in [-0.15, -0.1) is 0 Å². The molecule has 1 aliphatic carbocycles. The van der Waals surface area contributed by atoms with Gasteiger partial charge < -0.3 is 0 Å². The molecule has 1 saturated heterocycles. The van der Waals surface area contributed by atoms with Gasteiger partial charge in [-0.25, -0.2) is 8.42 Å². The number of hydrogen-bond donors (Lipinski definition) is 0. The molecule has 2 fully saturated rings. The van der Waals surface area contributed by atoms with Crippen molar-refractivity contribution < 1.29 is 18.0 Å². The number of amides is 2. The largest absolute Gasteiger partial charge is 0.272 e. The van der Waals surface area contributed by atoms with Gasteiger partial charge in [-0.3, -0.25) is 19.6 Å². The van der Waals surface area contributed by atoms with Gasteiger partial charge in [0.05, 0.1) is 5.41 Å². The van der Waals surface area contributed by atoms with E-state index in [1.54, 1.807) is 0 Å². The summed E-state index contributed by atoms with van der Waals surface area (Å²) in [7, 11) is -3.41. The molecule has 0 N–H and O–H groups in total. The molecule has 3 rings (SSSR count). The molecule has 1 aromatic rings. The number of rotatable bonds is 4. The zero-order valence-electron chi connectivity index (χ0n) is 13.1. The van der Waals surface area contributed by atoms with Crippen LogP contribution in [0.25, 0.3) is 0 Å². The molecule has 0 atom stereocenters. The van der Waals surface area contributed by atoms with Crippen LogP contribution in [0.15, 0.2) is 30.3 Å². The van der Waals surface area contributed by atoms with Crippen LogP contribution < -0.4 is 0 Å². The van der Waals surface area contributed by atoms with E-state index in [-0.39, 0.29) is 5.91 Å². The first-order valence-corrected chi connectivity index (χ1v) is 9.75. The Balaban J connectivity index is 1.81. The molecule has 0 bridgehead atoms. The van der Waals surface area contributed by atoms with E-state index in [0.717, 1.165) is 24.7 Å². The van der Waals surface area contributed by atoms with Gasteiger partial charge in [-0.2, -0.15) is 0 Å². The Kier molecular flexibility index (Phi) is 3.91. The molecule has 0 unspecified atom stereocenters. The minimum Gasteiger partial charge on any atom is -0.272 e. The number of sulfone groups is 1. The Hall–Kier alpha value is -1.89. The van der Waals surface area contributed by atoms with Gasteiger partial charge in [0.1, 0.15) is 5.75 Å². The van der Waals surface area contributed by atoms with Crippen LogP contribution >= 0.6 is 0 Å². The van der Waals surface area contributed by atoms with Gasteiger partial charge in [0.15, 0.2) is 9.84 Å². The average Bonchev–Trinajstić information content (AvgIpc) is 3.15. The molecular formula is C16H20N2O4S. The van der Waals surface area contributed by atoms with Crippen molar-refractivity contribution in [2.24, 2.45) is 0 Å². The monoisotopic (exact) mass is 336 g/mol. The van der Waals surface area contributed by atoms with E-state index in [1.807, 2.05) is 30.3 Å². The maximum atomic E-state index is 13.0. The lowest BCUT2D eigenvalue weighted by molar-refractivity contribution is -0.158. The second-order valence-electron chi connectivity index (χ2n) is 6.32. The second kappa shape index (κ2) is 5.63. The van der Waals surface area contributed by atoms with Crippen molar-refractivity contribution in [3.8, 4) is 0 Å². The molecular weight excluding hydrogens is 316 g/mol. The topological polar surface area (TPSA) is 74.8 Å². The maximum Gasteiger partial charge on any atom is 0.256 e. The summed E-state index contributed by atoms with van der Waals surface area (Å²) in [6.45, 7) is 0.855. The Labute approximate surface area is 136 Å². The van der Waals surface area contributed by atoms with Crippen LogP contribution in [-0.4, -0.2) is 55.3 Å². The molecule has 1 heterocycles. The third-order valence-corrected chi connectivity index (χ3v) is 5.20.